The lowest BCUT2D eigenvalue weighted by Crippen LogP contribution is -2.78. The van der Waals surface area contributed by atoms with Crippen molar-refractivity contribution >= 4 is 11.8 Å². The molecule has 0 aromatic heterocycles. The van der Waals surface area contributed by atoms with Crippen LogP contribution in [-0.2, 0) is 21.4 Å². The highest BCUT2D eigenvalue weighted by Gasteiger charge is 2.74. The minimum absolute atomic E-state index is 0.0288. The van der Waals surface area contributed by atoms with Crippen LogP contribution in [0.25, 0.3) is 0 Å². The number of amides is 2. The normalized spacial score (nSPS) is 38.0. The summed E-state index contributed by atoms with van der Waals surface area (Å²) in [7, 11) is 0. The first-order chi connectivity index (χ1) is 17.9. The standard InChI is InChI=1S/C30H32N2O5/c33-22-9-8-19-14-23-30(36)11-10-21(32-24(34)15-20(28(32)35)18-4-2-1-3-5-18)27-29(30,25(19)26(22)37-27)12-13-31(23)16-17-6-7-17/h1-5,8-9,17,20-21,23,27,33,36H,6-7,10-16H2/t20?,21?,23-,27+,29+,30-/m1/s1. The molecule has 3 aliphatic heterocycles. The zero-order valence-electron chi connectivity index (χ0n) is 20.8. The number of aliphatic hydroxyl groups is 1. The molecule has 3 aliphatic carbocycles. The highest BCUT2D eigenvalue weighted by atomic mass is 16.5. The fourth-order valence-corrected chi connectivity index (χ4v) is 8.66. The van der Waals surface area contributed by atoms with Crippen LogP contribution in [0.15, 0.2) is 42.5 Å². The Morgan fingerprint density at radius 1 is 1.00 bits per heavy atom. The van der Waals surface area contributed by atoms with E-state index >= 15 is 0 Å². The fourth-order valence-electron chi connectivity index (χ4n) is 8.66. The molecule has 4 fully saturated rings. The Morgan fingerprint density at radius 2 is 1.81 bits per heavy atom. The molecule has 2 aromatic rings. The lowest BCUT2D eigenvalue weighted by molar-refractivity contribution is -0.201. The van der Waals surface area contributed by atoms with Gasteiger partial charge >= 0.3 is 0 Å². The summed E-state index contributed by atoms with van der Waals surface area (Å²) >= 11 is 0. The second kappa shape index (κ2) is 7.35. The summed E-state index contributed by atoms with van der Waals surface area (Å²) in [5.74, 6) is 0.401. The Kier molecular flexibility index (Phi) is 4.40. The van der Waals surface area contributed by atoms with E-state index in [9.17, 15) is 19.8 Å². The highest BCUT2D eigenvalue weighted by molar-refractivity contribution is 6.06. The third-order valence-corrected chi connectivity index (χ3v) is 10.4. The number of nitrogens with zero attached hydrogens (tertiary/aromatic N) is 2. The quantitative estimate of drug-likeness (QED) is 0.628. The van der Waals surface area contributed by atoms with Crippen LogP contribution in [0.1, 0.15) is 61.1 Å². The monoisotopic (exact) mass is 500 g/mol. The van der Waals surface area contributed by atoms with Crippen molar-refractivity contribution in [2.45, 2.75) is 80.1 Å². The van der Waals surface area contributed by atoms with E-state index in [0.717, 1.165) is 42.1 Å². The number of hydrogen-bond donors (Lipinski definition) is 2. The summed E-state index contributed by atoms with van der Waals surface area (Å²) < 4.78 is 6.59. The molecule has 3 heterocycles. The molecule has 2 N–H and O–H groups in total. The molecular weight excluding hydrogens is 468 g/mol. The summed E-state index contributed by atoms with van der Waals surface area (Å²) in [4.78, 5) is 31.1. The Labute approximate surface area is 216 Å². The van der Waals surface area contributed by atoms with Gasteiger partial charge in [0.2, 0.25) is 11.8 Å². The third-order valence-electron chi connectivity index (χ3n) is 10.4. The van der Waals surface area contributed by atoms with Crippen LogP contribution in [0, 0.1) is 5.92 Å². The molecule has 8 rings (SSSR count). The molecule has 0 radical (unpaired) electrons. The summed E-state index contributed by atoms with van der Waals surface area (Å²) in [6, 6.07) is 12.7. The predicted molar refractivity (Wildman–Crippen MR) is 134 cm³/mol. The SMILES string of the molecule is O=C1CC(c2ccccc2)C(=O)N1C1CC[C@@]2(O)[C@H]3Cc4ccc(O)c5c4[C@@]2(CCN3CC2CC2)[C@H]1O5. The van der Waals surface area contributed by atoms with E-state index < -0.39 is 29.1 Å². The second-order valence-corrected chi connectivity index (χ2v) is 12.2. The molecule has 2 aromatic carbocycles. The topological polar surface area (TPSA) is 90.3 Å². The molecule has 2 unspecified atom stereocenters. The van der Waals surface area contributed by atoms with Crippen LogP contribution in [0.3, 0.4) is 0 Å². The molecule has 37 heavy (non-hydrogen) atoms. The minimum atomic E-state index is -1.03. The molecule has 6 atom stereocenters. The largest absolute Gasteiger partial charge is 0.504 e. The van der Waals surface area contributed by atoms with Gasteiger partial charge in [0.25, 0.3) is 0 Å². The number of phenolic OH excluding ortho intramolecular Hbond substituents is 1. The van der Waals surface area contributed by atoms with E-state index in [-0.39, 0.29) is 30.0 Å². The molecular formula is C30H32N2O5. The fraction of sp³-hybridized carbons (Fsp3) is 0.533. The Bertz CT molecular complexity index is 1320. The van der Waals surface area contributed by atoms with Gasteiger partial charge < -0.3 is 14.9 Å². The number of ether oxygens (including phenoxy) is 1. The Balaban J connectivity index is 1.23. The van der Waals surface area contributed by atoms with Crippen molar-refractivity contribution in [2.24, 2.45) is 5.92 Å². The number of piperidine rings is 1. The summed E-state index contributed by atoms with van der Waals surface area (Å²) in [5, 5.41) is 23.5. The van der Waals surface area contributed by atoms with Crippen molar-refractivity contribution in [3.8, 4) is 11.5 Å². The molecule has 7 heteroatoms. The van der Waals surface area contributed by atoms with Gasteiger partial charge in [0, 0.05) is 24.6 Å². The summed E-state index contributed by atoms with van der Waals surface area (Å²) in [5.41, 5.74) is 1.12. The lowest BCUT2D eigenvalue weighted by atomic mass is 9.48. The van der Waals surface area contributed by atoms with Crippen molar-refractivity contribution in [3.63, 3.8) is 0 Å². The maximum absolute atomic E-state index is 13.8. The van der Waals surface area contributed by atoms with Gasteiger partial charge in [-0.05, 0) is 68.2 Å². The molecule has 2 amide bonds. The van der Waals surface area contributed by atoms with Gasteiger partial charge in [0.15, 0.2) is 11.5 Å². The average Bonchev–Trinajstić information content (AvgIpc) is 3.57. The smallest absolute Gasteiger partial charge is 0.237 e. The van der Waals surface area contributed by atoms with Gasteiger partial charge in [-0.2, -0.15) is 0 Å². The van der Waals surface area contributed by atoms with Crippen molar-refractivity contribution in [3.05, 3.63) is 59.2 Å². The number of hydrogen-bond acceptors (Lipinski definition) is 6. The van der Waals surface area contributed by atoms with Gasteiger partial charge in [-0.3, -0.25) is 19.4 Å². The Hall–Kier alpha value is -2.90. The van der Waals surface area contributed by atoms with Gasteiger partial charge in [-0.25, -0.2) is 0 Å². The van der Waals surface area contributed by atoms with Gasteiger partial charge in [-0.1, -0.05) is 36.4 Å². The lowest BCUT2D eigenvalue weighted by Gasteiger charge is -2.64. The van der Waals surface area contributed by atoms with Crippen LogP contribution >= 0.6 is 0 Å². The van der Waals surface area contributed by atoms with Crippen LogP contribution in [0.4, 0.5) is 0 Å². The number of likely N-dealkylation sites (tertiary alicyclic amines) is 2. The van der Waals surface area contributed by atoms with E-state index in [1.165, 1.54) is 17.7 Å². The number of rotatable bonds is 4. The first kappa shape index (κ1) is 22.1. The Morgan fingerprint density at radius 3 is 2.59 bits per heavy atom. The average molecular weight is 501 g/mol. The van der Waals surface area contributed by atoms with E-state index in [0.29, 0.717) is 25.0 Å². The number of phenols is 1. The van der Waals surface area contributed by atoms with Crippen molar-refractivity contribution in [1.29, 1.82) is 0 Å². The zero-order chi connectivity index (χ0) is 25.1. The molecule has 2 saturated heterocycles. The molecule has 2 saturated carbocycles. The molecule has 6 aliphatic rings. The van der Waals surface area contributed by atoms with Crippen LogP contribution < -0.4 is 4.74 Å². The highest BCUT2D eigenvalue weighted by Crippen LogP contribution is 2.66. The predicted octanol–water partition coefficient (Wildman–Crippen LogP) is 2.87. The third kappa shape index (κ3) is 2.74. The van der Waals surface area contributed by atoms with Crippen LogP contribution in [0.5, 0.6) is 11.5 Å². The molecule has 2 bridgehead atoms. The van der Waals surface area contributed by atoms with E-state index in [2.05, 4.69) is 4.90 Å². The van der Waals surface area contributed by atoms with E-state index in [1.807, 2.05) is 36.4 Å². The zero-order valence-corrected chi connectivity index (χ0v) is 20.8. The number of aromatic hydroxyl groups is 1. The van der Waals surface area contributed by atoms with Gasteiger partial charge in [0.05, 0.1) is 23.0 Å². The van der Waals surface area contributed by atoms with Crippen LogP contribution in [0.2, 0.25) is 0 Å². The number of benzene rings is 2. The van der Waals surface area contributed by atoms with Crippen molar-refractivity contribution in [2.75, 3.05) is 13.1 Å². The van der Waals surface area contributed by atoms with Crippen molar-refractivity contribution in [1.82, 2.24) is 9.80 Å². The maximum atomic E-state index is 13.8. The second-order valence-electron chi connectivity index (χ2n) is 12.2. The molecule has 1 spiro atoms. The summed E-state index contributed by atoms with van der Waals surface area (Å²) in [6.07, 6.45) is 4.53. The summed E-state index contributed by atoms with van der Waals surface area (Å²) in [6.45, 7) is 1.86. The van der Waals surface area contributed by atoms with Crippen molar-refractivity contribution < 1.29 is 24.5 Å². The van der Waals surface area contributed by atoms with Crippen LogP contribution in [-0.4, -0.2) is 68.7 Å². The minimum Gasteiger partial charge on any atom is -0.504 e. The number of carbonyl (C=O) groups excluding carboxylic acids is 2. The maximum Gasteiger partial charge on any atom is 0.237 e. The first-order valence-electron chi connectivity index (χ1n) is 13.8. The number of imide groups is 1. The van der Waals surface area contributed by atoms with Gasteiger partial charge in [-0.15, -0.1) is 0 Å². The number of carbonyl (C=O) groups is 2. The van der Waals surface area contributed by atoms with E-state index in [1.54, 1.807) is 6.07 Å². The first-order valence-corrected chi connectivity index (χ1v) is 13.8. The molecule has 7 nitrogen and oxygen atoms in total. The molecule has 192 valence electrons. The van der Waals surface area contributed by atoms with Gasteiger partial charge in [0.1, 0.15) is 6.10 Å². The van der Waals surface area contributed by atoms with E-state index in [4.69, 9.17) is 4.74 Å².